The van der Waals surface area contributed by atoms with Gasteiger partial charge in [-0.1, -0.05) is 94.4 Å². The number of carboxylic acids is 1. The van der Waals surface area contributed by atoms with Crippen LogP contribution in [0.15, 0.2) is 66.7 Å². The van der Waals surface area contributed by atoms with Gasteiger partial charge in [-0.25, -0.2) is 4.79 Å². The first-order valence-corrected chi connectivity index (χ1v) is 9.80. The quantitative estimate of drug-likeness (QED) is 0.500. The minimum absolute atomic E-state index is 0. The second-order valence-corrected chi connectivity index (χ2v) is 8.61. The van der Waals surface area contributed by atoms with Gasteiger partial charge in [0, 0.05) is 35.9 Å². The summed E-state index contributed by atoms with van der Waals surface area (Å²) in [5.41, 5.74) is 3.20. The number of phenols is 1. The molecule has 160 valence electrons. The first-order chi connectivity index (χ1) is 13.6. The zero-order valence-electron chi connectivity index (χ0n) is 18.9. The topological polar surface area (TPSA) is 89.0 Å². The molecule has 5 heteroatoms. The number of hydrogen-bond acceptors (Lipinski definition) is 2. The number of aromatic carboxylic acids is 1. The van der Waals surface area contributed by atoms with Crippen LogP contribution in [-0.4, -0.2) is 21.7 Å². The molecule has 4 nitrogen and oxygen atoms in total. The summed E-state index contributed by atoms with van der Waals surface area (Å²) in [5.74, 6) is -1.27. The summed E-state index contributed by atoms with van der Waals surface area (Å²) in [4.78, 5) is 12.1. The molecule has 3 rings (SSSR count). The van der Waals surface area contributed by atoms with Crippen LogP contribution in [0.25, 0.3) is 0 Å². The molecular formula is C26H30O4Zn. The SMILES string of the molecule is Cc1c(C(C)(C)c2ccccc2)cc(C(C)(C)c2ccccc2)c(O)c1C(=O)O.O.[Zn]. The molecule has 0 aliphatic carbocycles. The summed E-state index contributed by atoms with van der Waals surface area (Å²) in [7, 11) is 0. The maximum atomic E-state index is 12.1. The Balaban J connectivity index is 0.00000240. The average molecular weight is 472 g/mol. The molecule has 0 saturated heterocycles. The van der Waals surface area contributed by atoms with Gasteiger partial charge in [-0.05, 0) is 29.2 Å². The number of benzene rings is 3. The summed E-state index contributed by atoms with van der Waals surface area (Å²) in [6, 6.07) is 21.9. The van der Waals surface area contributed by atoms with Crippen LogP contribution in [-0.2, 0) is 30.3 Å². The molecule has 0 spiro atoms. The standard InChI is InChI=1S/C26H28O3.H2O.Zn/c1-17-20(25(2,3)18-12-8-6-9-13-18)16-21(23(27)22(17)24(28)29)26(4,5)19-14-10-7-11-15-19;;/h6-16,27H,1-5H3,(H,28,29);1H2;. The predicted octanol–water partition coefficient (Wildman–Crippen LogP) is 5.22. The average Bonchev–Trinajstić information content (AvgIpc) is 2.68. The van der Waals surface area contributed by atoms with Crippen molar-refractivity contribution in [1.29, 1.82) is 0 Å². The number of carbonyl (C=O) groups is 1. The number of rotatable bonds is 5. The Morgan fingerprint density at radius 2 is 1.16 bits per heavy atom. The summed E-state index contributed by atoms with van der Waals surface area (Å²) >= 11 is 0. The van der Waals surface area contributed by atoms with E-state index in [0.717, 1.165) is 16.7 Å². The monoisotopic (exact) mass is 470 g/mol. The van der Waals surface area contributed by atoms with E-state index in [1.807, 2.05) is 68.4 Å². The van der Waals surface area contributed by atoms with Gasteiger partial charge in [0.25, 0.3) is 0 Å². The molecule has 0 atom stereocenters. The van der Waals surface area contributed by atoms with E-state index in [1.54, 1.807) is 6.92 Å². The van der Waals surface area contributed by atoms with Crippen molar-refractivity contribution >= 4 is 5.97 Å². The maximum absolute atomic E-state index is 12.1. The van der Waals surface area contributed by atoms with Crippen molar-refractivity contribution < 1.29 is 40.0 Å². The smallest absolute Gasteiger partial charge is 0.339 e. The van der Waals surface area contributed by atoms with E-state index in [9.17, 15) is 15.0 Å². The minimum atomic E-state index is -1.11. The van der Waals surface area contributed by atoms with Gasteiger partial charge in [-0.3, -0.25) is 0 Å². The van der Waals surface area contributed by atoms with Gasteiger partial charge in [0.15, 0.2) is 0 Å². The first-order valence-electron chi connectivity index (χ1n) is 9.80. The fourth-order valence-corrected chi connectivity index (χ4v) is 4.18. The molecule has 0 aliphatic rings. The number of aromatic hydroxyl groups is 1. The third-order valence-corrected chi connectivity index (χ3v) is 6.11. The Morgan fingerprint density at radius 3 is 1.55 bits per heavy atom. The Hall–Kier alpha value is -2.49. The van der Waals surface area contributed by atoms with Crippen LogP contribution < -0.4 is 0 Å². The Kier molecular flexibility index (Phi) is 8.36. The number of hydrogen-bond donors (Lipinski definition) is 2. The summed E-state index contributed by atoms with van der Waals surface area (Å²) in [6.07, 6.45) is 0. The van der Waals surface area contributed by atoms with Gasteiger partial charge in [-0.2, -0.15) is 0 Å². The van der Waals surface area contributed by atoms with Crippen molar-refractivity contribution in [3.05, 3.63) is 100 Å². The van der Waals surface area contributed by atoms with Crippen LogP contribution in [0.1, 0.15) is 65.9 Å². The third-order valence-electron chi connectivity index (χ3n) is 6.11. The summed E-state index contributed by atoms with van der Waals surface area (Å²) in [6.45, 7) is 9.98. The van der Waals surface area contributed by atoms with E-state index < -0.39 is 16.8 Å². The molecule has 3 aromatic carbocycles. The second kappa shape index (κ2) is 9.76. The van der Waals surface area contributed by atoms with Gasteiger partial charge in [0.2, 0.25) is 0 Å². The van der Waals surface area contributed by atoms with Crippen LogP contribution in [0.2, 0.25) is 0 Å². The van der Waals surface area contributed by atoms with Crippen LogP contribution in [0.4, 0.5) is 0 Å². The van der Waals surface area contributed by atoms with Crippen LogP contribution in [0.3, 0.4) is 0 Å². The van der Waals surface area contributed by atoms with Gasteiger partial charge < -0.3 is 15.7 Å². The molecule has 31 heavy (non-hydrogen) atoms. The fraction of sp³-hybridized carbons (Fsp3) is 0.269. The van der Waals surface area contributed by atoms with E-state index in [-0.39, 0.29) is 36.3 Å². The summed E-state index contributed by atoms with van der Waals surface area (Å²) in [5, 5.41) is 20.9. The molecule has 0 fully saturated rings. The molecule has 0 aliphatic heterocycles. The largest absolute Gasteiger partial charge is 0.507 e. The van der Waals surface area contributed by atoms with Crippen LogP contribution in [0.5, 0.6) is 5.75 Å². The van der Waals surface area contributed by atoms with Crippen molar-refractivity contribution in [2.75, 3.05) is 0 Å². The summed E-state index contributed by atoms with van der Waals surface area (Å²) < 4.78 is 0. The molecule has 0 bridgehead atoms. The number of carboxylic acid groups (broad SMARTS) is 1. The zero-order valence-corrected chi connectivity index (χ0v) is 21.8. The van der Waals surface area contributed by atoms with E-state index in [4.69, 9.17) is 0 Å². The van der Waals surface area contributed by atoms with Crippen molar-refractivity contribution in [2.24, 2.45) is 0 Å². The molecule has 0 heterocycles. The Bertz CT molecular complexity index is 966. The van der Waals surface area contributed by atoms with Crippen molar-refractivity contribution in [3.63, 3.8) is 0 Å². The second-order valence-electron chi connectivity index (χ2n) is 8.61. The van der Waals surface area contributed by atoms with Gasteiger partial charge in [-0.15, -0.1) is 0 Å². The Morgan fingerprint density at radius 1 is 0.774 bits per heavy atom. The van der Waals surface area contributed by atoms with Crippen molar-refractivity contribution in [1.82, 2.24) is 0 Å². The first kappa shape index (κ1) is 26.5. The molecule has 0 aromatic heterocycles. The van der Waals surface area contributed by atoms with Crippen LogP contribution in [0, 0.1) is 6.92 Å². The maximum Gasteiger partial charge on any atom is 0.339 e. The van der Waals surface area contributed by atoms with Crippen LogP contribution >= 0.6 is 0 Å². The minimum Gasteiger partial charge on any atom is -0.507 e. The van der Waals surface area contributed by atoms with Gasteiger partial charge in [0.05, 0.1) is 0 Å². The van der Waals surface area contributed by atoms with Gasteiger partial charge >= 0.3 is 5.97 Å². The van der Waals surface area contributed by atoms with Crippen molar-refractivity contribution in [2.45, 2.75) is 45.4 Å². The Labute approximate surface area is 197 Å². The molecule has 0 unspecified atom stereocenters. The normalized spacial score (nSPS) is 11.3. The molecule has 4 N–H and O–H groups in total. The van der Waals surface area contributed by atoms with E-state index >= 15 is 0 Å². The fourth-order valence-electron chi connectivity index (χ4n) is 4.18. The van der Waals surface area contributed by atoms with E-state index in [0.29, 0.717) is 11.1 Å². The molecule has 3 aromatic rings. The molecule has 0 amide bonds. The van der Waals surface area contributed by atoms with E-state index in [1.165, 1.54) is 0 Å². The molecular weight excluding hydrogens is 442 g/mol. The molecule has 0 radical (unpaired) electrons. The molecule has 0 saturated carbocycles. The predicted molar refractivity (Wildman–Crippen MR) is 121 cm³/mol. The van der Waals surface area contributed by atoms with Crippen molar-refractivity contribution in [3.8, 4) is 5.75 Å². The third kappa shape index (κ3) is 4.73. The zero-order chi connectivity index (χ0) is 21.4. The van der Waals surface area contributed by atoms with Gasteiger partial charge in [0.1, 0.15) is 11.3 Å². The van der Waals surface area contributed by atoms with E-state index in [2.05, 4.69) is 26.0 Å².